The van der Waals surface area contributed by atoms with E-state index in [2.05, 4.69) is 11.4 Å². The smallest absolute Gasteiger partial charge is 0.349 e. The lowest BCUT2D eigenvalue weighted by atomic mass is 9.87. The number of rotatable bonds is 3. The Hall–Kier alpha value is -3.08. The van der Waals surface area contributed by atoms with Gasteiger partial charge in [-0.05, 0) is 42.5 Å². The zero-order chi connectivity index (χ0) is 18.1. The summed E-state index contributed by atoms with van der Waals surface area (Å²) in [7, 11) is 1.51. The van der Waals surface area contributed by atoms with E-state index in [0.29, 0.717) is 16.7 Å². The molecule has 1 aromatic heterocycles. The summed E-state index contributed by atoms with van der Waals surface area (Å²) in [6.45, 7) is 0. The topological polar surface area (TPSA) is 68.5 Å². The van der Waals surface area contributed by atoms with Crippen LogP contribution in [0.3, 0.4) is 0 Å². The van der Waals surface area contributed by atoms with Crippen molar-refractivity contribution in [1.82, 2.24) is 5.32 Å². The van der Waals surface area contributed by atoms with Crippen molar-refractivity contribution in [2.24, 2.45) is 0 Å². The van der Waals surface area contributed by atoms with E-state index >= 15 is 0 Å². The Balaban J connectivity index is 1.67. The number of carbonyl (C=O) groups is 1. The van der Waals surface area contributed by atoms with E-state index in [1.165, 1.54) is 12.7 Å². The molecule has 1 aliphatic carbocycles. The summed E-state index contributed by atoms with van der Waals surface area (Å²) in [6, 6.07) is 14.9. The van der Waals surface area contributed by atoms with Gasteiger partial charge in [0.25, 0.3) is 5.91 Å². The lowest BCUT2D eigenvalue weighted by Gasteiger charge is -2.26. The molecule has 1 amide bonds. The van der Waals surface area contributed by atoms with Crippen molar-refractivity contribution in [2.75, 3.05) is 7.11 Å². The minimum atomic E-state index is -0.663. The molecule has 3 aromatic rings. The van der Waals surface area contributed by atoms with Gasteiger partial charge in [-0.3, -0.25) is 4.79 Å². The Labute approximate surface area is 150 Å². The number of benzene rings is 2. The average molecular weight is 349 g/mol. The summed E-state index contributed by atoms with van der Waals surface area (Å²) in [5.74, 6) is 0.0536. The molecule has 132 valence electrons. The molecule has 1 heterocycles. The zero-order valence-electron chi connectivity index (χ0n) is 14.5. The summed E-state index contributed by atoms with van der Waals surface area (Å²) < 4.78 is 10.6. The maximum atomic E-state index is 12.7. The maximum Gasteiger partial charge on any atom is 0.349 e. The van der Waals surface area contributed by atoms with Gasteiger partial charge < -0.3 is 14.5 Å². The van der Waals surface area contributed by atoms with Crippen LogP contribution in [0, 0.1) is 0 Å². The maximum absolute atomic E-state index is 12.7. The second-order valence-corrected chi connectivity index (χ2v) is 6.44. The van der Waals surface area contributed by atoms with Crippen molar-refractivity contribution in [1.29, 1.82) is 0 Å². The van der Waals surface area contributed by atoms with Crippen molar-refractivity contribution in [3.8, 4) is 5.75 Å². The first kappa shape index (κ1) is 16.4. The highest BCUT2D eigenvalue weighted by Gasteiger charge is 2.23. The summed E-state index contributed by atoms with van der Waals surface area (Å²) in [5.41, 5.74) is 2.07. The van der Waals surface area contributed by atoms with Crippen LogP contribution in [-0.2, 0) is 6.42 Å². The molecule has 0 aliphatic heterocycles. The van der Waals surface area contributed by atoms with Gasteiger partial charge in [-0.25, -0.2) is 4.79 Å². The van der Waals surface area contributed by atoms with Crippen molar-refractivity contribution in [3.05, 3.63) is 75.6 Å². The molecular formula is C21H19NO4. The highest BCUT2D eigenvalue weighted by atomic mass is 16.5. The monoisotopic (exact) mass is 349 g/mol. The van der Waals surface area contributed by atoms with Crippen LogP contribution in [-0.4, -0.2) is 13.0 Å². The minimum Gasteiger partial charge on any atom is -0.493 e. The number of hydrogen-bond acceptors (Lipinski definition) is 4. The van der Waals surface area contributed by atoms with Crippen LogP contribution in [0.4, 0.5) is 0 Å². The summed E-state index contributed by atoms with van der Waals surface area (Å²) in [4.78, 5) is 25.1. The molecule has 26 heavy (non-hydrogen) atoms. The van der Waals surface area contributed by atoms with Crippen LogP contribution in [0.5, 0.6) is 5.75 Å². The van der Waals surface area contributed by atoms with Gasteiger partial charge in [0.05, 0.1) is 13.2 Å². The quantitative estimate of drug-likeness (QED) is 0.734. The Morgan fingerprint density at radius 2 is 2.04 bits per heavy atom. The third-order valence-corrected chi connectivity index (χ3v) is 4.86. The number of ether oxygens (including phenoxy) is 1. The van der Waals surface area contributed by atoms with E-state index in [0.717, 1.165) is 24.8 Å². The molecule has 4 rings (SSSR count). The third kappa shape index (κ3) is 2.86. The van der Waals surface area contributed by atoms with Crippen molar-refractivity contribution in [2.45, 2.75) is 25.3 Å². The van der Waals surface area contributed by atoms with Crippen LogP contribution < -0.4 is 15.7 Å². The predicted molar refractivity (Wildman–Crippen MR) is 98.6 cm³/mol. The first-order valence-electron chi connectivity index (χ1n) is 8.67. The molecule has 1 N–H and O–H groups in total. The van der Waals surface area contributed by atoms with Gasteiger partial charge in [0.15, 0.2) is 11.3 Å². The van der Waals surface area contributed by atoms with Gasteiger partial charge >= 0.3 is 5.63 Å². The third-order valence-electron chi connectivity index (χ3n) is 4.86. The number of methoxy groups -OCH3 is 1. The summed E-state index contributed by atoms with van der Waals surface area (Å²) in [6.07, 6.45) is 2.88. The minimum absolute atomic E-state index is 0.00816. The Bertz CT molecular complexity index is 1040. The zero-order valence-corrected chi connectivity index (χ0v) is 14.5. The van der Waals surface area contributed by atoms with E-state index in [4.69, 9.17) is 9.15 Å². The van der Waals surface area contributed by atoms with Gasteiger partial charge in [-0.2, -0.15) is 0 Å². The molecule has 5 nitrogen and oxygen atoms in total. The Morgan fingerprint density at radius 1 is 1.19 bits per heavy atom. The normalized spacial score (nSPS) is 16.1. The highest BCUT2D eigenvalue weighted by molar-refractivity contribution is 5.97. The summed E-state index contributed by atoms with van der Waals surface area (Å²) >= 11 is 0. The van der Waals surface area contributed by atoms with E-state index in [1.54, 1.807) is 24.3 Å². The van der Waals surface area contributed by atoms with Crippen molar-refractivity contribution >= 4 is 16.9 Å². The van der Waals surface area contributed by atoms with Crippen molar-refractivity contribution < 1.29 is 13.9 Å². The molecule has 0 fully saturated rings. The van der Waals surface area contributed by atoms with E-state index in [1.807, 2.05) is 18.2 Å². The molecule has 0 spiro atoms. The average Bonchev–Trinajstić information content (AvgIpc) is 2.67. The molecule has 0 saturated heterocycles. The number of aryl methyl sites for hydroxylation is 1. The lowest BCUT2D eigenvalue weighted by molar-refractivity contribution is 0.0929. The van der Waals surface area contributed by atoms with E-state index in [9.17, 15) is 9.59 Å². The van der Waals surface area contributed by atoms with Crippen LogP contribution >= 0.6 is 0 Å². The van der Waals surface area contributed by atoms with Gasteiger partial charge in [0.1, 0.15) is 5.56 Å². The van der Waals surface area contributed by atoms with Crippen LogP contribution in [0.2, 0.25) is 0 Å². The standard InChI is InChI=1S/C21H19NO4/c1-25-18-11-5-8-14-12-16(21(24)26-19(14)18)20(23)22-17-10-4-7-13-6-2-3-9-15(13)17/h2-3,5-6,8-9,11-12,17H,4,7,10H2,1H3,(H,22,23). The largest absolute Gasteiger partial charge is 0.493 e. The van der Waals surface area contributed by atoms with Crippen LogP contribution in [0.1, 0.15) is 40.4 Å². The summed E-state index contributed by atoms with van der Waals surface area (Å²) in [5, 5.41) is 3.65. The number of hydrogen-bond donors (Lipinski definition) is 1. The SMILES string of the molecule is COc1cccc2cc(C(=O)NC3CCCc4ccccc43)c(=O)oc12. The molecule has 2 aromatic carbocycles. The Kier molecular flexibility index (Phi) is 4.21. The molecular weight excluding hydrogens is 330 g/mol. The number of nitrogens with one attached hydrogen (secondary N) is 1. The Morgan fingerprint density at radius 3 is 2.88 bits per heavy atom. The van der Waals surface area contributed by atoms with Gasteiger partial charge in [-0.1, -0.05) is 36.4 Å². The predicted octanol–water partition coefficient (Wildman–Crippen LogP) is 3.61. The van der Waals surface area contributed by atoms with Gasteiger partial charge in [0.2, 0.25) is 0 Å². The van der Waals surface area contributed by atoms with Crippen molar-refractivity contribution in [3.63, 3.8) is 0 Å². The second kappa shape index (κ2) is 6.67. The lowest BCUT2D eigenvalue weighted by Crippen LogP contribution is -2.33. The molecule has 1 unspecified atom stereocenters. The second-order valence-electron chi connectivity index (χ2n) is 6.44. The van der Waals surface area contributed by atoms with E-state index in [-0.39, 0.29) is 11.6 Å². The number of fused-ring (bicyclic) bond motifs is 2. The molecule has 0 bridgehead atoms. The molecule has 0 radical (unpaired) electrons. The van der Waals surface area contributed by atoms with Crippen LogP contribution in [0.15, 0.2) is 57.7 Å². The van der Waals surface area contributed by atoms with Crippen LogP contribution in [0.25, 0.3) is 11.0 Å². The number of para-hydroxylation sites is 1. The highest BCUT2D eigenvalue weighted by Crippen LogP contribution is 2.30. The molecule has 5 heteroatoms. The molecule has 1 atom stereocenters. The fourth-order valence-corrected chi connectivity index (χ4v) is 3.58. The van der Waals surface area contributed by atoms with Gasteiger partial charge in [0, 0.05) is 5.39 Å². The first-order valence-corrected chi connectivity index (χ1v) is 8.67. The van der Waals surface area contributed by atoms with E-state index < -0.39 is 11.5 Å². The fourth-order valence-electron chi connectivity index (χ4n) is 3.58. The number of amides is 1. The number of carbonyl (C=O) groups excluding carboxylic acids is 1. The fraction of sp³-hybridized carbons (Fsp3) is 0.238. The molecule has 1 aliphatic rings. The van der Waals surface area contributed by atoms with Gasteiger partial charge in [-0.15, -0.1) is 0 Å². The first-order chi connectivity index (χ1) is 12.7. The molecule has 0 saturated carbocycles.